The van der Waals surface area contributed by atoms with Gasteiger partial charge in [-0.05, 0) is 43.2 Å². The van der Waals surface area contributed by atoms with Crippen LogP contribution in [-0.2, 0) is 16.4 Å². The van der Waals surface area contributed by atoms with E-state index in [0.717, 1.165) is 10.4 Å². The fourth-order valence-electron chi connectivity index (χ4n) is 2.11. The predicted octanol–water partition coefficient (Wildman–Crippen LogP) is 2.01. The van der Waals surface area contributed by atoms with Gasteiger partial charge in [0.25, 0.3) is 0 Å². The summed E-state index contributed by atoms with van der Waals surface area (Å²) in [5.74, 6) is -0.499. The Hall–Kier alpha value is -1.90. The zero-order chi connectivity index (χ0) is 15.7. The second-order valence-electron chi connectivity index (χ2n) is 4.86. The molecule has 0 fully saturated rings. The van der Waals surface area contributed by atoms with E-state index in [2.05, 4.69) is 9.71 Å². The van der Waals surface area contributed by atoms with Crippen LogP contribution in [0.1, 0.15) is 10.4 Å². The van der Waals surface area contributed by atoms with Crippen molar-refractivity contribution in [2.24, 2.45) is 0 Å². The second kappa shape index (κ2) is 5.71. The number of aryl methyl sites for hydroxylation is 1. The molecule has 2 N–H and O–H groups in total. The highest BCUT2D eigenvalue weighted by Crippen LogP contribution is 2.20. The van der Waals surface area contributed by atoms with Crippen molar-refractivity contribution in [3.63, 3.8) is 0 Å². The molecule has 0 amide bonds. The third-order valence-corrected chi connectivity index (χ3v) is 6.12. The van der Waals surface area contributed by atoms with Gasteiger partial charge in [0.05, 0.1) is 5.52 Å². The number of fused-ring (bicyclic) bond motifs is 1. The minimum Gasteiger partial charge on any atom is -0.408 e. The summed E-state index contributed by atoms with van der Waals surface area (Å²) in [6.45, 7) is 2.15. The maximum atomic E-state index is 12.1. The molecule has 1 aromatic carbocycles. The molecular formula is C14H14N2O4S2. The molecule has 3 rings (SSSR count). The molecule has 8 heteroatoms. The first-order valence-corrected chi connectivity index (χ1v) is 8.92. The van der Waals surface area contributed by atoms with Gasteiger partial charge >= 0.3 is 5.76 Å². The van der Waals surface area contributed by atoms with Crippen LogP contribution in [-0.4, -0.2) is 19.9 Å². The summed E-state index contributed by atoms with van der Waals surface area (Å²) in [7, 11) is -3.46. The average Bonchev–Trinajstić information content (AvgIpc) is 3.03. The lowest BCUT2D eigenvalue weighted by atomic mass is 10.1. The normalized spacial score (nSPS) is 12.0. The molecule has 0 atom stereocenters. The Bertz CT molecular complexity index is 966. The van der Waals surface area contributed by atoms with Gasteiger partial charge < -0.3 is 4.42 Å². The molecule has 0 aliphatic heterocycles. The Morgan fingerprint density at radius 1 is 1.27 bits per heavy atom. The molecule has 2 aromatic heterocycles. The zero-order valence-corrected chi connectivity index (χ0v) is 13.4. The van der Waals surface area contributed by atoms with Gasteiger partial charge in [-0.1, -0.05) is 6.07 Å². The minimum absolute atomic E-state index is 0.285. The molecule has 0 unspecified atom stereocenters. The SMILES string of the molecule is Cc1ccc(S(=O)(=O)NCCc2ccc3oc(=O)[nH]c3c2)s1. The zero-order valence-electron chi connectivity index (χ0n) is 11.8. The second-order valence-corrected chi connectivity index (χ2v) is 8.14. The van der Waals surface area contributed by atoms with E-state index < -0.39 is 15.8 Å². The topological polar surface area (TPSA) is 92.2 Å². The number of thiophene rings is 1. The number of rotatable bonds is 5. The van der Waals surface area contributed by atoms with Gasteiger partial charge in [-0.2, -0.15) is 0 Å². The average molecular weight is 338 g/mol. The quantitative estimate of drug-likeness (QED) is 0.744. The first-order valence-electron chi connectivity index (χ1n) is 6.62. The number of aromatic nitrogens is 1. The van der Waals surface area contributed by atoms with E-state index in [1.807, 2.05) is 13.0 Å². The largest absolute Gasteiger partial charge is 0.417 e. The van der Waals surface area contributed by atoms with Crippen LogP contribution in [0.15, 0.2) is 43.8 Å². The van der Waals surface area contributed by atoms with E-state index in [-0.39, 0.29) is 6.54 Å². The molecule has 0 saturated carbocycles. The van der Waals surface area contributed by atoms with Gasteiger partial charge in [0.1, 0.15) is 4.21 Å². The van der Waals surface area contributed by atoms with Crippen molar-refractivity contribution in [1.82, 2.24) is 9.71 Å². The number of hydrogen-bond acceptors (Lipinski definition) is 5. The number of hydrogen-bond donors (Lipinski definition) is 2. The van der Waals surface area contributed by atoms with Crippen molar-refractivity contribution in [2.75, 3.05) is 6.54 Å². The van der Waals surface area contributed by atoms with Crippen LogP contribution in [0.4, 0.5) is 0 Å². The maximum Gasteiger partial charge on any atom is 0.417 e. The Kier molecular flexibility index (Phi) is 3.90. The fourth-order valence-corrected chi connectivity index (χ4v) is 4.47. The third kappa shape index (κ3) is 3.13. The molecule has 0 bridgehead atoms. The van der Waals surface area contributed by atoms with E-state index in [1.165, 1.54) is 11.3 Å². The Labute approximate surface area is 130 Å². The van der Waals surface area contributed by atoms with Gasteiger partial charge in [0, 0.05) is 11.4 Å². The number of oxazole rings is 1. The number of nitrogens with one attached hydrogen (secondary N) is 2. The van der Waals surface area contributed by atoms with E-state index in [0.29, 0.717) is 21.7 Å². The van der Waals surface area contributed by atoms with Crippen molar-refractivity contribution in [2.45, 2.75) is 17.6 Å². The van der Waals surface area contributed by atoms with Crippen LogP contribution in [0.25, 0.3) is 11.1 Å². The number of H-pyrrole nitrogens is 1. The van der Waals surface area contributed by atoms with Gasteiger partial charge in [-0.3, -0.25) is 4.98 Å². The summed E-state index contributed by atoms with van der Waals surface area (Å²) in [6, 6.07) is 8.67. The van der Waals surface area contributed by atoms with Gasteiger partial charge in [-0.25, -0.2) is 17.9 Å². The van der Waals surface area contributed by atoms with Crippen LogP contribution in [0.5, 0.6) is 0 Å². The molecule has 3 aromatic rings. The van der Waals surface area contributed by atoms with E-state index in [1.54, 1.807) is 24.3 Å². The van der Waals surface area contributed by atoms with E-state index in [4.69, 9.17) is 4.42 Å². The lowest BCUT2D eigenvalue weighted by Crippen LogP contribution is -2.25. The Morgan fingerprint density at radius 2 is 2.09 bits per heavy atom. The third-order valence-electron chi connectivity index (χ3n) is 3.17. The Balaban J connectivity index is 1.67. The molecule has 0 radical (unpaired) electrons. The van der Waals surface area contributed by atoms with Gasteiger partial charge in [0.2, 0.25) is 10.0 Å². The van der Waals surface area contributed by atoms with Crippen molar-refractivity contribution in [3.8, 4) is 0 Å². The summed E-state index contributed by atoms with van der Waals surface area (Å²) < 4.78 is 32.0. The molecule has 0 spiro atoms. The van der Waals surface area contributed by atoms with Crippen molar-refractivity contribution in [3.05, 3.63) is 51.3 Å². The number of sulfonamides is 1. The highest BCUT2D eigenvalue weighted by atomic mass is 32.2. The molecule has 116 valence electrons. The van der Waals surface area contributed by atoms with Crippen LogP contribution in [0.2, 0.25) is 0 Å². The van der Waals surface area contributed by atoms with Crippen LogP contribution in [0.3, 0.4) is 0 Å². The molecular weight excluding hydrogens is 324 g/mol. The van der Waals surface area contributed by atoms with E-state index in [9.17, 15) is 13.2 Å². The van der Waals surface area contributed by atoms with Crippen molar-refractivity contribution < 1.29 is 12.8 Å². The highest BCUT2D eigenvalue weighted by molar-refractivity contribution is 7.91. The summed E-state index contributed by atoms with van der Waals surface area (Å²) in [4.78, 5) is 14.6. The lowest BCUT2D eigenvalue weighted by Gasteiger charge is -2.05. The lowest BCUT2D eigenvalue weighted by molar-refractivity contribution is 0.555. The first-order chi connectivity index (χ1) is 10.4. The monoisotopic (exact) mass is 338 g/mol. The summed E-state index contributed by atoms with van der Waals surface area (Å²) in [5, 5.41) is 0. The first kappa shape index (κ1) is 15.0. The van der Waals surface area contributed by atoms with Crippen LogP contribution < -0.4 is 10.5 Å². The smallest absolute Gasteiger partial charge is 0.408 e. The maximum absolute atomic E-state index is 12.1. The molecule has 2 heterocycles. The van der Waals surface area contributed by atoms with Crippen molar-refractivity contribution >= 4 is 32.5 Å². The van der Waals surface area contributed by atoms with E-state index >= 15 is 0 Å². The summed E-state index contributed by atoms with van der Waals surface area (Å²) in [5.41, 5.74) is 2.01. The van der Waals surface area contributed by atoms with Crippen LogP contribution in [0, 0.1) is 6.92 Å². The molecule has 6 nitrogen and oxygen atoms in total. The Morgan fingerprint density at radius 3 is 2.82 bits per heavy atom. The predicted molar refractivity (Wildman–Crippen MR) is 84.8 cm³/mol. The highest BCUT2D eigenvalue weighted by Gasteiger charge is 2.15. The molecule has 22 heavy (non-hydrogen) atoms. The molecule has 0 saturated heterocycles. The minimum atomic E-state index is -3.46. The summed E-state index contributed by atoms with van der Waals surface area (Å²) >= 11 is 1.24. The van der Waals surface area contributed by atoms with Gasteiger partial charge in [0.15, 0.2) is 5.58 Å². The standard InChI is InChI=1S/C14H14N2O4S2/c1-9-2-5-13(21-9)22(18,19)15-7-6-10-3-4-12-11(8-10)16-14(17)20-12/h2-5,8,15H,6-7H2,1H3,(H,16,17). The molecule has 0 aliphatic rings. The van der Waals surface area contributed by atoms with Gasteiger partial charge in [-0.15, -0.1) is 11.3 Å². The summed E-state index contributed by atoms with van der Waals surface area (Å²) in [6.07, 6.45) is 0.521. The number of aromatic amines is 1. The number of benzene rings is 1. The fraction of sp³-hybridized carbons (Fsp3) is 0.214. The van der Waals surface area contributed by atoms with Crippen molar-refractivity contribution in [1.29, 1.82) is 0 Å². The van der Waals surface area contributed by atoms with Crippen LogP contribution >= 0.6 is 11.3 Å². The molecule has 0 aliphatic carbocycles.